The van der Waals surface area contributed by atoms with Crippen LogP contribution >= 0.6 is 0 Å². The van der Waals surface area contributed by atoms with Gasteiger partial charge in [-0.15, -0.1) is 0 Å². The van der Waals surface area contributed by atoms with Crippen molar-refractivity contribution < 1.29 is 9.90 Å². The van der Waals surface area contributed by atoms with Crippen molar-refractivity contribution in [3.63, 3.8) is 0 Å². The Bertz CT molecular complexity index is 888. The summed E-state index contributed by atoms with van der Waals surface area (Å²) in [7, 11) is 0. The van der Waals surface area contributed by atoms with Gasteiger partial charge in [-0.2, -0.15) is 0 Å². The quantitative estimate of drug-likeness (QED) is 0.590. The molecule has 0 aromatic heterocycles. The van der Waals surface area contributed by atoms with Gasteiger partial charge in [-0.3, -0.25) is 0 Å². The molecule has 0 unspecified atom stereocenters. The first-order chi connectivity index (χ1) is 13.3. The summed E-state index contributed by atoms with van der Waals surface area (Å²) in [6.45, 7) is 10.1. The van der Waals surface area contributed by atoms with E-state index in [1.54, 1.807) is 13.0 Å². The summed E-state index contributed by atoms with van der Waals surface area (Å²) in [6, 6.07) is 9.37. The summed E-state index contributed by atoms with van der Waals surface area (Å²) in [4.78, 5) is 11.3. The molecule has 3 nitrogen and oxygen atoms in total. The van der Waals surface area contributed by atoms with Gasteiger partial charge in [0.25, 0.3) is 0 Å². The Hall–Kier alpha value is -2.55. The summed E-state index contributed by atoms with van der Waals surface area (Å²) in [6.07, 6.45) is 6.99. The Balaban J connectivity index is 1.98. The minimum Gasteiger partial charge on any atom is -0.478 e. The number of nitrogens with one attached hydrogen (secondary N) is 1. The van der Waals surface area contributed by atoms with E-state index in [1.807, 2.05) is 0 Å². The van der Waals surface area contributed by atoms with Crippen molar-refractivity contribution in [2.75, 3.05) is 5.32 Å². The van der Waals surface area contributed by atoms with Gasteiger partial charge in [0.15, 0.2) is 0 Å². The van der Waals surface area contributed by atoms with E-state index < -0.39 is 5.97 Å². The number of anilines is 1. The lowest BCUT2D eigenvalue weighted by Gasteiger charge is -2.20. The summed E-state index contributed by atoms with van der Waals surface area (Å²) in [5.41, 5.74) is 9.76. The molecule has 1 fully saturated rings. The van der Waals surface area contributed by atoms with Crippen LogP contribution in [0, 0.1) is 27.7 Å². The predicted octanol–water partition coefficient (Wildman–Crippen LogP) is 6.43. The van der Waals surface area contributed by atoms with Crippen LogP contribution < -0.4 is 5.32 Å². The largest absolute Gasteiger partial charge is 0.478 e. The molecule has 1 aliphatic rings. The number of carboxylic acid groups (broad SMARTS) is 1. The molecule has 1 aliphatic carbocycles. The van der Waals surface area contributed by atoms with Gasteiger partial charge in [-0.25, -0.2) is 4.79 Å². The minimum atomic E-state index is -0.872. The highest BCUT2D eigenvalue weighted by molar-refractivity contribution is 5.92. The first-order valence-electron chi connectivity index (χ1n) is 10.2. The van der Waals surface area contributed by atoms with Gasteiger partial charge in [0, 0.05) is 17.3 Å². The van der Waals surface area contributed by atoms with E-state index in [1.165, 1.54) is 53.6 Å². The topological polar surface area (TPSA) is 49.3 Å². The number of hydrogen-bond donors (Lipinski definition) is 2. The van der Waals surface area contributed by atoms with Crippen molar-refractivity contribution in [3.8, 4) is 11.1 Å². The van der Waals surface area contributed by atoms with Crippen molar-refractivity contribution in [3.05, 3.63) is 57.7 Å². The normalized spacial score (nSPS) is 15.1. The van der Waals surface area contributed by atoms with Crippen molar-refractivity contribution >= 4 is 17.7 Å². The summed E-state index contributed by atoms with van der Waals surface area (Å²) in [5, 5.41) is 12.9. The Kier molecular flexibility index (Phi) is 5.93. The fourth-order valence-corrected chi connectivity index (χ4v) is 4.31. The molecular weight excluding hydrogens is 346 g/mol. The number of rotatable bonds is 5. The third kappa shape index (κ3) is 3.99. The van der Waals surface area contributed by atoms with Crippen LogP contribution in [0.1, 0.15) is 60.4 Å². The molecular formula is C25H31NO2. The highest BCUT2D eigenvalue weighted by Gasteiger charge is 2.17. The SMILES string of the molecule is C/C(=C\c1c(C)c(C)c(-c2ccc(NC3CCCC3)cc2)c(C)c1C)C(=O)O. The van der Waals surface area contributed by atoms with Crippen LogP contribution in [0.4, 0.5) is 5.69 Å². The maximum Gasteiger partial charge on any atom is 0.331 e. The second kappa shape index (κ2) is 8.22. The van der Waals surface area contributed by atoms with Crippen molar-refractivity contribution in [1.29, 1.82) is 0 Å². The number of aliphatic carboxylic acids is 1. The van der Waals surface area contributed by atoms with Crippen LogP contribution in [0.15, 0.2) is 29.8 Å². The number of benzene rings is 2. The fourth-order valence-electron chi connectivity index (χ4n) is 4.31. The average molecular weight is 378 g/mol. The first kappa shape index (κ1) is 20.2. The van der Waals surface area contributed by atoms with E-state index in [4.69, 9.17) is 0 Å². The monoisotopic (exact) mass is 377 g/mol. The fraction of sp³-hybridized carbons (Fsp3) is 0.400. The van der Waals surface area contributed by atoms with Crippen LogP contribution in [0.2, 0.25) is 0 Å². The van der Waals surface area contributed by atoms with Gasteiger partial charge < -0.3 is 10.4 Å². The Morgan fingerprint density at radius 1 is 0.964 bits per heavy atom. The van der Waals surface area contributed by atoms with Gasteiger partial charge in [0.1, 0.15) is 0 Å². The summed E-state index contributed by atoms with van der Waals surface area (Å²) < 4.78 is 0. The maximum absolute atomic E-state index is 11.3. The average Bonchev–Trinajstić information content (AvgIpc) is 3.18. The molecule has 0 atom stereocenters. The highest BCUT2D eigenvalue weighted by Crippen LogP contribution is 2.36. The van der Waals surface area contributed by atoms with E-state index in [9.17, 15) is 9.90 Å². The second-order valence-corrected chi connectivity index (χ2v) is 8.12. The van der Waals surface area contributed by atoms with Crippen LogP contribution in [0.25, 0.3) is 17.2 Å². The second-order valence-electron chi connectivity index (χ2n) is 8.12. The lowest BCUT2D eigenvalue weighted by atomic mass is 9.85. The van der Waals surface area contributed by atoms with Crippen LogP contribution in [-0.4, -0.2) is 17.1 Å². The molecule has 148 valence electrons. The maximum atomic E-state index is 11.3. The number of hydrogen-bond acceptors (Lipinski definition) is 2. The molecule has 3 rings (SSSR count). The molecule has 0 saturated heterocycles. The lowest BCUT2D eigenvalue weighted by molar-refractivity contribution is -0.132. The van der Waals surface area contributed by atoms with E-state index in [-0.39, 0.29) is 0 Å². The highest BCUT2D eigenvalue weighted by atomic mass is 16.4. The zero-order valence-corrected chi connectivity index (χ0v) is 17.6. The van der Waals surface area contributed by atoms with Gasteiger partial charge >= 0.3 is 5.97 Å². The lowest BCUT2D eigenvalue weighted by Crippen LogP contribution is -2.14. The number of carboxylic acids is 1. The van der Waals surface area contributed by atoms with E-state index in [0.29, 0.717) is 11.6 Å². The van der Waals surface area contributed by atoms with E-state index in [2.05, 4.69) is 57.3 Å². The van der Waals surface area contributed by atoms with Crippen LogP contribution in [0.5, 0.6) is 0 Å². The molecule has 0 radical (unpaired) electrons. The molecule has 2 N–H and O–H groups in total. The summed E-state index contributed by atoms with van der Waals surface area (Å²) in [5.74, 6) is -0.872. The Labute approximate surface area is 168 Å². The van der Waals surface area contributed by atoms with Gasteiger partial charge in [-0.1, -0.05) is 25.0 Å². The van der Waals surface area contributed by atoms with Gasteiger partial charge in [-0.05, 0) is 105 Å². The van der Waals surface area contributed by atoms with Crippen molar-refractivity contribution in [1.82, 2.24) is 0 Å². The van der Waals surface area contributed by atoms with Crippen LogP contribution in [0.3, 0.4) is 0 Å². The molecule has 1 saturated carbocycles. The van der Waals surface area contributed by atoms with Gasteiger partial charge in [0.2, 0.25) is 0 Å². The predicted molar refractivity (Wildman–Crippen MR) is 118 cm³/mol. The minimum absolute atomic E-state index is 0.361. The molecule has 0 spiro atoms. The standard InChI is InChI=1S/C25H31NO2/c1-15(25(27)28)14-23-16(2)18(4)24(19(5)17(23)3)20-10-12-22(13-11-20)26-21-8-6-7-9-21/h10-14,21,26H,6-9H2,1-5H3,(H,27,28)/b15-14+. The molecule has 0 heterocycles. The first-order valence-corrected chi connectivity index (χ1v) is 10.2. The van der Waals surface area contributed by atoms with Crippen LogP contribution in [-0.2, 0) is 4.79 Å². The smallest absolute Gasteiger partial charge is 0.331 e. The molecule has 2 aromatic carbocycles. The molecule has 0 aliphatic heterocycles. The zero-order chi connectivity index (χ0) is 20.4. The third-order valence-electron chi connectivity index (χ3n) is 6.28. The van der Waals surface area contributed by atoms with Crippen molar-refractivity contribution in [2.24, 2.45) is 0 Å². The van der Waals surface area contributed by atoms with Gasteiger partial charge in [0.05, 0.1) is 0 Å². The molecule has 0 amide bonds. The number of carbonyl (C=O) groups is 1. The Morgan fingerprint density at radius 3 is 2.00 bits per heavy atom. The Morgan fingerprint density at radius 2 is 1.50 bits per heavy atom. The molecule has 2 aromatic rings. The van der Waals surface area contributed by atoms with Crippen molar-refractivity contribution in [2.45, 2.75) is 66.3 Å². The molecule has 0 bridgehead atoms. The molecule has 28 heavy (non-hydrogen) atoms. The molecule has 3 heteroatoms. The van der Waals surface area contributed by atoms with E-state index in [0.717, 1.165) is 16.7 Å². The third-order valence-corrected chi connectivity index (χ3v) is 6.28. The van der Waals surface area contributed by atoms with E-state index >= 15 is 0 Å². The summed E-state index contributed by atoms with van der Waals surface area (Å²) >= 11 is 0. The zero-order valence-electron chi connectivity index (χ0n) is 17.6.